The molecule has 0 radical (unpaired) electrons. The quantitative estimate of drug-likeness (QED) is 0.345. The van der Waals surface area contributed by atoms with Crippen molar-refractivity contribution in [3.05, 3.63) is 59.7 Å². The molecule has 29 heavy (non-hydrogen) atoms. The molecule has 2 aromatic carbocycles. The summed E-state index contributed by atoms with van der Waals surface area (Å²) in [6.07, 6.45) is -3.00. The van der Waals surface area contributed by atoms with Crippen molar-refractivity contribution in [2.45, 2.75) is 18.8 Å². The lowest BCUT2D eigenvalue weighted by atomic mass is 10.1. The van der Waals surface area contributed by atoms with Crippen LogP contribution < -0.4 is 21.7 Å². The SMILES string of the molecule is N=C(N)c1ccc(NC(=O)[C@H](O)[C@H]2OCCN(c3cccc(CN)c3)C2=O)cc1. The predicted octanol–water partition coefficient (Wildman–Crippen LogP) is 0.161. The number of rotatable bonds is 6. The van der Waals surface area contributed by atoms with E-state index in [1.807, 2.05) is 6.07 Å². The Hall–Kier alpha value is -3.27. The molecule has 0 bridgehead atoms. The van der Waals surface area contributed by atoms with Crippen LogP contribution in [0.25, 0.3) is 0 Å². The van der Waals surface area contributed by atoms with Crippen molar-refractivity contribution in [1.29, 1.82) is 5.41 Å². The van der Waals surface area contributed by atoms with Gasteiger partial charge in [0.25, 0.3) is 11.8 Å². The highest BCUT2D eigenvalue weighted by atomic mass is 16.5. The number of hydrogen-bond donors (Lipinski definition) is 5. The van der Waals surface area contributed by atoms with Crippen molar-refractivity contribution >= 4 is 29.0 Å². The predicted molar refractivity (Wildman–Crippen MR) is 109 cm³/mol. The summed E-state index contributed by atoms with van der Waals surface area (Å²) in [6, 6.07) is 13.4. The standard InChI is InChI=1S/C20H23N5O4/c21-11-12-2-1-3-15(10-12)25-8-9-29-17(20(25)28)16(26)19(27)24-14-6-4-13(5-7-14)18(22)23/h1-7,10,16-17,26H,8-9,11,21H2,(H3,22,23)(H,24,27)/t16-,17-/m1/s1. The molecule has 152 valence electrons. The number of nitrogens with two attached hydrogens (primary N) is 2. The molecule has 9 nitrogen and oxygen atoms in total. The van der Waals surface area contributed by atoms with Crippen LogP contribution in [0.1, 0.15) is 11.1 Å². The minimum atomic E-state index is -1.68. The van der Waals surface area contributed by atoms with Gasteiger partial charge >= 0.3 is 0 Å². The Kier molecular flexibility index (Phi) is 6.23. The number of hydrogen-bond acceptors (Lipinski definition) is 6. The third kappa shape index (κ3) is 4.60. The first kappa shape index (κ1) is 20.5. The number of nitrogen functional groups attached to an aromatic ring is 1. The fourth-order valence-corrected chi connectivity index (χ4v) is 3.03. The molecule has 0 aromatic heterocycles. The average Bonchev–Trinajstić information content (AvgIpc) is 2.73. The van der Waals surface area contributed by atoms with Crippen molar-refractivity contribution in [3.8, 4) is 0 Å². The summed E-state index contributed by atoms with van der Waals surface area (Å²) >= 11 is 0. The van der Waals surface area contributed by atoms with Crippen LogP contribution >= 0.6 is 0 Å². The van der Waals surface area contributed by atoms with Crippen molar-refractivity contribution in [3.63, 3.8) is 0 Å². The monoisotopic (exact) mass is 397 g/mol. The van der Waals surface area contributed by atoms with E-state index >= 15 is 0 Å². The van der Waals surface area contributed by atoms with Gasteiger partial charge in [0.05, 0.1) is 6.61 Å². The van der Waals surface area contributed by atoms with Crippen LogP contribution in [-0.4, -0.2) is 48.1 Å². The number of ether oxygens (including phenoxy) is 1. The number of amidine groups is 1. The average molecular weight is 397 g/mol. The van der Waals surface area contributed by atoms with Gasteiger partial charge in [-0.05, 0) is 42.0 Å². The number of carbonyl (C=O) groups excluding carboxylic acids is 2. The zero-order chi connectivity index (χ0) is 21.0. The summed E-state index contributed by atoms with van der Waals surface area (Å²) in [5.74, 6) is -1.36. The lowest BCUT2D eigenvalue weighted by Crippen LogP contribution is -2.55. The molecule has 0 unspecified atom stereocenters. The molecular formula is C20H23N5O4. The molecule has 0 aliphatic carbocycles. The van der Waals surface area contributed by atoms with Gasteiger partial charge in [-0.15, -0.1) is 0 Å². The van der Waals surface area contributed by atoms with E-state index in [9.17, 15) is 14.7 Å². The third-order valence-electron chi connectivity index (χ3n) is 4.60. The fourth-order valence-electron chi connectivity index (χ4n) is 3.03. The van der Waals surface area contributed by atoms with Crippen LogP contribution in [0.5, 0.6) is 0 Å². The van der Waals surface area contributed by atoms with E-state index in [0.29, 0.717) is 30.0 Å². The summed E-state index contributed by atoms with van der Waals surface area (Å²) < 4.78 is 5.40. The van der Waals surface area contributed by atoms with Crippen molar-refractivity contribution < 1.29 is 19.4 Å². The van der Waals surface area contributed by atoms with Crippen LogP contribution in [0.4, 0.5) is 11.4 Å². The molecule has 1 heterocycles. The Morgan fingerprint density at radius 2 is 2.03 bits per heavy atom. The van der Waals surface area contributed by atoms with E-state index in [1.165, 1.54) is 4.90 Å². The lowest BCUT2D eigenvalue weighted by molar-refractivity contribution is -0.150. The molecule has 1 aliphatic rings. The van der Waals surface area contributed by atoms with Gasteiger partial charge in [0.15, 0.2) is 12.2 Å². The molecule has 2 aromatic rings. The van der Waals surface area contributed by atoms with E-state index in [2.05, 4.69) is 5.32 Å². The number of aliphatic hydroxyl groups excluding tert-OH is 1. The number of anilines is 2. The molecule has 3 rings (SSSR count). The van der Waals surface area contributed by atoms with Gasteiger partial charge < -0.3 is 31.5 Å². The van der Waals surface area contributed by atoms with Gasteiger partial charge in [0, 0.05) is 30.0 Å². The van der Waals surface area contributed by atoms with Gasteiger partial charge in [-0.2, -0.15) is 0 Å². The number of morpholine rings is 1. The molecule has 2 atom stereocenters. The molecule has 2 amide bonds. The Morgan fingerprint density at radius 3 is 2.69 bits per heavy atom. The number of carbonyl (C=O) groups is 2. The van der Waals surface area contributed by atoms with Crippen molar-refractivity contribution in [2.75, 3.05) is 23.4 Å². The van der Waals surface area contributed by atoms with Crippen LogP contribution in [-0.2, 0) is 20.9 Å². The van der Waals surface area contributed by atoms with Crippen LogP contribution in [0, 0.1) is 5.41 Å². The second kappa shape index (κ2) is 8.82. The maximum absolute atomic E-state index is 12.8. The lowest BCUT2D eigenvalue weighted by Gasteiger charge is -2.34. The molecule has 0 saturated carbocycles. The largest absolute Gasteiger partial charge is 0.384 e. The van der Waals surface area contributed by atoms with E-state index in [0.717, 1.165) is 5.56 Å². The van der Waals surface area contributed by atoms with Gasteiger partial charge in [-0.25, -0.2) is 0 Å². The molecule has 1 aliphatic heterocycles. The first-order chi connectivity index (χ1) is 13.9. The zero-order valence-electron chi connectivity index (χ0n) is 15.7. The summed E-state index contributed by atoms with van der Waals surface area (Å²) in [5.41, 5.74) is 13.5. The number of amides is 2. The molecule has 1 fully saturated rings. The zero-order valence-corrected chi connectivity index (χ0v) is 15.7. The normalized spacial score (nSPS) is 17.7. The van der Waals surface area contributed by atoms with E-state index in [-0.39, 0.29) is 12.4 Å². The molecule has 1 saturated heterocycles. The third-order valence-corrected chi connectivity index (χ3v) is 4.60. The Labute approximate surface area is 167 Å². The number of aliphatic hydroxyl groups is 1. The minimum absolute atomic E-state index is 0.0945. The molecule has 9 heteroatoms. The highest BCUT2D eigenvalue weighted by Gasteiger charge is 2.39. The fraction of sp³-hybridized carbons (Fsp3) is 0.250. The smallest absolute Gasteiger partial charge is 0.259 e. The molecule has 7 N–H and O–H groups in total. The Bertz CT molecular complexity index is 915. The molecular weight excluding hydrogens is 374 g/mol. The van der Waals surface area contributed by atoms with E-state index < -0.39 is 24.0 Å². The number of nitrogens with one attached hydrogen (secondary N) is 2. The van der Waals surface area contributed by atoms with Crippen LogP contribution in [0.3, 0.4) is 0 Å². The topological polar surface area (TPSA) is 155 Å². The van der Waals surface area contributed by atoms with Crippen LogP contribution in [0.2, 0.25) is 0 Å². The van der Waals surface area contributed by atoms with Gasteiger partial charge in [-0.3, -0.25) is 15.0 Å². The van der Waals surface area contributed by atoms with Gasteiger partial charge in [0.1, 0.15) is 5.84 Å². The van der Waals surface area contributed by atoms with Crippen molar-refractivity contribution in [2.24, 2.45) is 11.5 Å². The maximum Gasteiger partial charge on any atom is 0.259 e. The minimum Gasteiger partial charge on any atom is -0.384 e. The van der Waals surface area contributed by atoms with Crippen molar-refractivity contribution in [1.82, 2.24) is 0 Å². The Balaban J connectivity index is 1.70. The van der Waals surface area contributed by atoms with Gasteiger partial charge in [-0.1, -0.05) is 12.1 Å². The van der Waals surface area contributed by atoms with Gasteiger partial charge in [0.2, 0.25) is 0 Å². The highest BCUT2D eigenvalue weighted by molar-refractivity contribution is 6.04. The summed E-state index contributed by atoms with van der Waals surface area (Å²) in [4.78, 5) is 26.7. The van der Waals surface area contributed by atoms with E-state index in [1.54, 1.807) is 42.5 Å². The second-order valence-electron chi connectivity index (χ2n) is 6.58. The highest BCUT2D eigenvalue weighted by Crippen LogP contribution is 2.22. The number of nitrogens with zero attached hydrogens (tertiary/aromatic N) is 1. The van der Waals surface area contributed by atoms with Crippen LogP contribution in [0.15, 0.2) is 48.5 Å². The molecule has 0 spiro atoms. The van der Waals surface area contributed by atoms with E-state index in [4.69, 9.17) is 21.6 Å². The Morgan fingerprint density at radius 1 is 1.31 bits per heavy atom. The maximum atomic E-state index is 12.8. The summed E-state index contributed by atoms with van der Waals surface area (Å²) in [5, 5.41) is 20.3. The second-order valence-corrected chi connectivity index (χ2v) is 6.58. The summed E-state index contributed by atoms with van der Waals surface area (Å²) in [6.45, 7) is 0.828. The number of benzene rings is 2. The first-order valence-electron chi connectivity index (χ1n) is 9.06. The first-order valence-corrected chi connectivity index (χ1v) is 9.06. The summed E-state index contributed by atoms with van der Waals surface area (Å²) in [7, 11) is 0.